The van der Waals surface area contributed by atoms with Gasteiger partial charge in [-0.25, -0.2) is 0 Å². The molecule has 8 heteroatoms. The summed E-state index contributed by atoms with van der Waals surface area (Å²) in [5.41, 5.74) is 3.46. The first-order valence-corrected chi connectivity index (χ1v) is 12.8. The molecule has 3 N–H and O–H groups in total. The standard InChI is InChI=1S/C28H36N2O6/c31-19-20-7-9-21(10-8-20)25-17-24(18-30-15-2-1-3-16-30)35-28(36-25)22-11-13-23(14-12-22)29-26(32)5-4-6-27(33)34/h7-14,24-25,28,31H,1-6,15-19H2,(H,29,32)(H,33,34)/t24-,25+,28+/m0/s1. The fourth-order valence-corrected chi connectivity index (χ4v) is 4.81. The first kappa shape index (κ1) is 26.3. The number of aliphatic hydroxyl groups excluding tert-OH is 1. The molecule has 2 aromatic rings. The number of ether oxygens (including phenoxy) is 2. The van der Waals surface area contributed by atoms with Crippen molar-refractivity contribution >= 4 is 17.6 Å². The van der Waals surface area contributed by atoms with Crippen molar-refractivity contribution in [3.05, 3.63) is 65.2 Å². The Labute approximate surface area is 212 Å². The Morgan fingerprint density at radius 1 is 0.917 bits per heavy atom. The molecule has 1 amide bonds. The Balaban J connectivity index is 1.43. The monoisotopic (exact) mass is 496 g/mol. The number of hydrogen-bond donors (Lipinski definition) is 3. The largest absolute Gasteiger partial charge is 0.481 e. The van der Waals surface area contributed by atoms with Crippen LogP contribution in [0.4, 0.5) is 5.69 Å². The summed E-state index contributed by atoms with van der Waals surface area (Å²) in [5.74, 6) is -1.11. The van der Waals surface area contributed by atoms with E-state index in [1.165, 1.54) is 19.3 Å². The molecule has 0 radical (unpaired) electrons. The predicted octanol–water partition coefficient (Wildman–Crippen LogP) is 4.40. The van der Waals surface area contributed by atoms with Crippen LogP contribution in [0.2, 0.25) is 0 Å². The molecule has 4 rings (SSSR count). The number of carbonyl (C=O) groups is 2. The zero-order valence-electron chi connectivity index (χ0n) is 20.6. The van der Waals surface area contributed by atoms with E-state index >= 15 is 0 Å². The molecule has 8 nitrogen and oxygen atoms in total. The second-order valence-electron chi connectivity index (χ2n) is 9.63. The number of carboxylic acids is 1. The number of benzene rings is 2. The molecule has 2 saturated heterocycles. The molecule has 2 aliphatic rings. The minimum Gasteiger partial charge on any atom is -0.481 e. The normalized spacial score (nSPS) is 22.8. The molecule has 0 aromatic heterocycles. The highest BCUT2D eigenvalue weighted by molar-refractivity contribution is 5.90. The maximum atomic E-state index is 12.1. The van der Waals surface area contributed by atoms with Gasteiger partial charge in [0.1, 0.15) is 0 Å². The van der Waals surface area contributed by atoms with E-state index in [9.17, 15) is 14.7 Å². The minimum atomic E-state index is -0.902. The van der Waals surface area contributed by atoms with Crippen molar-refractivity contribution in [2.24, 2.45) is 0 Å². The Hall–Kier alpha value is -2.78. The summed E-state index contributed by atoms with van der Waals surface area (Å²) in [4.78, 5) is 25.2. The highest BCUT2D eigenvalue weighted by Crippen LogP contribution is 2.38. The maximum Gasteiger partial charge on any atom is 0.303 e. The molecule has 0 spiro atoms. The van der Waals surface area contributed by atoms with Gasteiger partial charge in [-0.1, -0.05) is 42.8 Å². The smallest absolute Gasteiger partial charge is 0.303 e. The summed E-state index contributed by atoms with van der Waals surface area (Å²) in [6.45, 7) is 3.08. The summed E-state index contributed by atoms with van der Waals surface area (Å²) >= 11 is 0. The van der Waals surface area contributed by atoms with Crippen molar-refractivity contribution in [1.82, 2.24) is 4.90 Å². The molecule has 2 aliphatic heterocycles. The number of anilines is 1. The van der Waals surface area contributed by atoms with Crippen LogP contribution in [0.5, 0.6) is 0 Å². The number of carbonyl (C=O) groups excluding carboxylic acids is 1. The number of aliphatic carboxylic acids is 1. The van der Waals surface area contributed by atoms with Crippen LogP contribution in [-0.4, -0.2) is 52.7 Å². The highest BCUT2D eigenvalue weighted by atomic mass is 16.7. The lowest BCUT2D eigenvalue weighted by Gasteiger charge is -2.39. The Bertz CT molecular complexity index is 988. The van der Waals surface area contributed by atoms with Gasteiger partial charge in [-0.05, 0) is 55.6 Å². The Kier molecular flexibility index (Phi) is 9.47. The Morgan fingerprint density at radius 2 is 1.61 bits per heavy atom. The first-order valence-electron chi connectivity index (χ1n) is 12.8. The molecule has 0 bridgehead atoms. The number of aliphatic hydroxyl groups is 1. The number of nitrogens with one attached hydrogen (secondary N) is 1. The van der Waals surface area contributed by atoms with Gasteiger partial charge in [0.15, 0.2) is 6.29 Å². The number of piperidine rings is 1. The summed E-state index contributed by atoms with van der Waals surface area (Å²) in [5, 5.41) is 20.9. The predicted molar refractivity (Wildman–Crippen MR) is 135 cm³/mol. The lowest BCUT2D eigenvalue weighted by atomic mass is 9.99. The van der Waals surface area contributed by atoms with E-state index in [1.54, 1.807) is 0 Å². The molecule has 0 aliphatic carbocycles. The van der Waals surface area contributed by atoms with Crippen LogP contribution in [-0.2, 0) is 25.7 Å². The zero-order valence-corrected chi connectivity index (χ0v) is 20.6. The summed E-state index contributed by atoms with van der Waals surface area (Å²) in [6, 6.07) is 15.3. The van der Waals surface area contributed by atoms with Gasteiger partial charge in [-0.3, -0.25) is 9.59 Å². The lowest BCUT2D eigenvalue weighted by molar-refractivity contribution is -0.253. The maximum absolute atomic E-state index is 12.1. The molecular formula is C28H36N2O6. The van der Waals surface area contributed by atoms with Crippen LogP contribution in [0.15, 0.2) is 48.5 Å². The average molecular weight is 497 g/mol. The second kappa shape index (κ2) is 13.0. The fourth-order valence-electron chi connectivity index (χ4n) is 4.81. The fraction of sp³-hybridized carbons (Fsp3) is 0.500. The van der Waals surface area contributed by atoms with E-state index in [-0.39, 0.29) is 37.6 Å². The topological polar surface area (TPSA) is 108 Å². The van der Waals surface area contributed by atoms with Gasteiger partial charge in [0, 0.05) is 37.1 Å². The molecule has 194 valence electrons. The van der Waals surface area contributed by atoms with Crippen molar-refractivity contribution < 1.29 is 29.3 Å². The summed E-state index contributed by atoms with van der Waals surface area (Å²) in [7, 11) is 0. The van der Waals surface area contributed by atoms with Gasteiger partial charge in [-0.15, -0.1) is 0 Å². The molecule has 2 heterocycles. The van der Waals surface area contributed by atoms with Crippen LogP contribution in [0.1, 0.15) is 74.0 Å². The van der Waals surface area contributed by atoms with Crippen LogP contribution < -0.4 is 5.32 Å². The zero-order chi connectivity index (χ0) is 25.3. The van der Waals surface area contributed by atoms with E-state index in [0.29, 0.717) is 12.1 Å². The number of hydrogen-bond acceptors (Lipinski definition) is 6. The van der Waals surface area contributed by atoms with Crippen molar-refractivity contribution in [3.63, 3.8) is 0 Å². The van der Waals surface area contributed by atoms with Gasteiger partial charge < -0.3 is 29.9 Å². The quantitative estimate of drug-likeness (QED) is 0.447. The lowest BCUT2D eigenvalue weighted by Crippen LogP contribution is -2.41. The van der Waals surface area contributed by atoms with Crippen molar-refractivity contribution in [2.45, 2.75) is 70.1 Å². The first-order chi connectivity index (χ1) is 17.5. The van der Waals surface area contributed by atoms with Crippen molar-refractivity contribution in [3.8, 4) is 0 Å². The van der Waals surface area contributed by atoms with Gasteiger partial charge in [0.05, 0.1) is 18.8 Å². The number of nitrogens with zero attached hydrogens (tertiary/aromatic N) is 1. The minimum absolute atomic E-state index is 0.0115. The van der Waals surface area contributed by atoms with E-state index in [2.05, 4.69) is 10.2 Å². The number of likely N-dealkylation sites (tertiary alicyclic amines) is 1. The van der Waals surface area contributed by atoms with E-state index in [0.717, 1.165) is 42.7 Å². The molecule has 36 heavy (non-hydrogen) atoms. The highest BCUT2D eigenvalue weighted by Gasteiger charge is 2.33. The SMILES string of the molecule is O=C(O)CCCC(=O)Nc1ccc([C@@H]2O[C@H](CN3CCCCC3)C[C@H](c3ccc(CO)cc3)O2)cc1. The van der Waals surface area contributed by atoms with Crippen LogP contribution in [0, 0.1) is 0 Å². The third kappa shape index (κ3) is 7.61. The van der Waals surface area contributed by atoms with Gasteiger partial charge in [0.25, 0.3) is 0 Å². The van der Waals surface area contributed by atoms with Crippen molar-refractivity contribution in [1.29, 1.82) is 0 Å². The molecular weight excluding hydrogens is 460 g/mol. The molecule has 3 atom stereocenters. The molecule has 0 unspecified atom stereocenters. The number of rotatable bonds is 10. The van der Waals surface area contributed by atoms with Crippen molar-refractivity contribution in [2.75, 3.05) is 25.0 Å². The average Bonchev–Trinajstić information content (AvgIpc) is 2.89. The number of carboxylic acid groups (broad SMARTS) is 1. The van der Waals surface area contributed by atoms with Gasteiger partial charge in [-0.2, -0.15) is 0 Å². The molecule has 2 fully saturated rings. The third-order valence-corrected chi connectivity index (χ3v) is 6.79. The Morgan fingerprint density at radius 3 is 2.28 bits per heavy atom. The van der Waals surface area contributed by atoms with Crippen LogP contribution in [0.25, 0.3) is 0 Å². The van der Waals surface area contributed by atoms with Crippen LogP contribution >= 0.6 is 0 Å². The molecule has 0 saturated carbocycles. The second-order valence-corrected chi connectivity index (χ2v) is 9.63. The van der Waals surface area contributed by atoms with E-state index in [4.69, 9.17) is 14.6 Å². The molecule has 2 aromatic carbocycles. The van der Waals surface area contributed by atoms with Gasteiger partial charge in [0.2, 0.25) is 5.91 Å². The summed E-state index contributed by atoms with van der Waals surface area (Å²) < 4.78 is 12.8. The number of amides is 1. The summed E-state index contributed by atoms with van der Waals surface area (Å²) in [6.07, 6.45) is 4.32. The van der Waals surface area contributed by atoms with E-state index < -0.39 is 12.3 Å². The third-order valence-electron chi connectivity index (χ3n) is 6.79. The van der Waals surface area contributed by atoms with E-state index in [1.807, 2.05) is 48.5 Å². The van der Waals surface area contributed by atoms with Gasteiger partial charge >= 0.3 is 5.97 Å². The van der Waals surface area contributed by atoms with Crippen LogP contribution in [0.3, 0.4) is 0 Å².